The molecule has 0 N–H and O–H groups in total. The third-order valence-electron chi connectivity index (χ3n) is 6.67. The van der Waals surface area contributed by atoms with Crippen LogP contribution >= 0.6 is 0 Å². The van der Waals surface area contributed by atoms with Gasteiger partial charge in [0.1, 0.15) is 31.5 Å². The Morgan fingerprint density at radius 1 is 0.467 bits per heavy atom. The lowest BCUT2D eigenvalue weighted by Crippen LogP contribution is -2.64. The molecule has 254 valence electrons. The van der Waals surface area contributed by atoms with Gasteiger partial charge in [0.15, 0.2) is 30.7 Å². The van der Waals surface area contributed by atoms with Crippen molar-refractivity contribution in [3.63, 3.8) is 0 Å². The maximum Gasteiger partial charge on any atom is 0.303 e. The van der Waals surface area contributed by atoms with E-state index in [0.29, 0.717) is 0 Å². The molecule has 10 atom stereocenters. The molecule has 0 aliphatic carbocycles. The SMILES string of the molecule is CO[C@@H]1O[C@H](COC(C)=O)[C@@H](OC(C)=O)[C@H](C[C@@H]2O[C@H](COC(C)=O)[C@@H](OC(C)=O)[C@H](OC(C)=O)[C@H]2OC(C)=O)[C@H]1OC(C)=O. The second-order valence-corrected chi connectivity index (χ2v) is 10.4. The number of carbonyl (C=O) groups excluding carboxylic acids is 7. The molecule has 2 aliphatic heterocycles. The predicted molar refractivity (Wildman–Crippen MR) is 143 cm³/mol. The van der Waals surface area contributed by atoms with Gasteiger partial charge in [-0.05, 0) is 6.42 Å². The van der Waals surface area contributed by atoms with Crippen LogP contribution in [0.1, 0.15) is 54.9 Å². The number of hydrogen-bond donors (Lipinski definition) is 0. The van der Waals surface area contributed by atoms with E-state index in [9.17, 15) is 33.6 Å². The maximum absolute atomic E-state index is 12.3. The molecular weight excluding hydrogens is 608 g/mol. The summed E-state index contributed by atoms with van der Waals surface area (Å²) in [6, 6.07) is 0. The molecule has 0 bridgehead atoms. The highest BCUT2D eigenvalue weighted by Crippen LogP contribution is 2.39. The average molecular weight is 649 g/mol. The van der Waals surface area contributed by atoms with Crippen molar-refractivity contribution < 1.29 is 80.9 Å². The summed E-state index contributed by atoms with van der Waals surface area (Å²) in [5.74, 6) is -6.40. The van der Waals surface area contributed by atoms with Crippen molar-refractivity contribution in [1.82, 2.24) is 0 Å². The van der Waals surface area contributed by atoms with Crippen LogP contribution in [0.2, 0.25) is 0 Å². The van der Waals surface area contributed by atoms with Crippen LogP contribution in [-0.2, 0) is 80.9 Å². The summed E-state index contributed by atoms with van der Waals surface area (Å²) < 4.78 is 55.4. The molecule has 2 rings (SSSR count). The van der Waals surface area contributed by atoms with Gasteiger partial charge in [0.2, 0.25) is 0 Å². The van der Waals surface area contributed by atoms with Crippen LogP contribution in [0.3, 0.4) is 0 Å². The van der Waals surface area contributed by atoms with Gasteiger partial charge in [-0.25, -0.2) is 0 Å². The van der Waals surface area contributed by atoms with Crippen molar-refractivity contribution in [2.24, 2.45) is 5.92 Å². The molecule has 45 heavy (non-hydrogen) atoms. The zero-order valence-corrected chi connectivity index (χ0v) is 26.3. The lowest BCUT2D eigenvalue weighted by Gasteiger charge is -2.48. The van der Waals surface area contributed by atoms with Gasteiger partial charge in [-0.2, -0.15) is 0 Å². The highest BCUT2D eigenvalue weighted by molar-refractivity contribution is 5.69. The number of ether oxygens (including phenoxy) is 10. The fraction of sp³-hybridized carbons (Fsp3) is 0.750. The van der Waals surface area contributed by atoms with E-state index in [1.165, 1.54) is 7.11 Å². The minimum Gasteiger partial charge on any atom is -0.463 e. The monoisotopic (exact) mass is 648 g/mol. The van der Waals surface area contributed by atoms with Gasteiger partial charge in [0.05, 0.1) is 6.10 Å². The molecule has 0 spiro atoms. The molecule has 17 heteroatoms. The first kappa shape index (κ1) is 37.4. The number of rotatable bonds is 12. The smallest absolute Gasteiger partial charge is 0.303 e. The highest BCUT2D eigenvalue weighted by Gasteiger charge is 2.56. The van der Waals surface area contributed by atoms with Crippen molar-refractivity contribution in [2.75, 3.05) is 20.3 Å². The summed E-state index contributed by atoms with van der Waals surface area (Å²) in [7, 11) is 1.27. The summed E-state index contributed by atoms with van der Waals surface area (Å²) in [5, 5.41) is 0. The molecule has 0 unspecified atom stereocenters. The lowest BCUT2D eigenvalue weighted by molar-refractivity contribution is -0.299. The van der Waals surface area contributed by atoms with Crippen molar-refractivity contribution >= 4 is 41.8 Å². The molecule has 0 amide bonds. The Balaban J connectivity index is 2.70. The Labute approximate surface area is 259 Å². The first-order chi connectivity index (χ1) is 21.0. The van der Waals surface area contributed by atoms with Gasteiger partial charge in [0.25, 0.3) is 0 Å². The Morgan fingerprint density at radius 2 is 0.844 bits per heavy atom. The van der Waals surface area contributed by atoms with E-state index in [1.807, 2.05) is 0 Å². The van der Waals surface area contributed by atoms with Crippen LogP contribution in [0.4, 0.5) is 0 Å². The largest absolute Gasteiger partial charge is 0.463 e. The van der Waals surface area contributed by atoms with E-state index in [4.69, 9.17) is 47.4 Å². The molecule has 2 heterocycles. The van der Waals surface area contributed by atoms with Crippen LogP contribution in [-0.4, -0.2) is 117 Å². The van der Waals surface area contributed by atoms with Crippen LogP contribution in [0.5, 0.6) is 0 Å². The minimum atomic E-state index is -1.47. The van der Waals surface area contributed by atoms with E-state index in [0.717, 1.165) is 48.5 Å². The lowest BCUT2D eigenvalue weighted by atomic mass is 9.80. The van der Waals surface area contributed by atoms with E-state index < -0.39 is 116 Å². The first-order valence-electron chi connectivity index (χ1n) is 14.0. The molecule has 2 fully saturated rings. The van der Waals surface area contributed by atoms with E-state index in [2.05, 4.69) is 0 Å². The standard InChI is InChI=1S/C28H40O17/c1-12(29)37-10-21-23(39-14(3)31)19(24(40-15(4)32)28(36-8)45-21)9-20-25(41-16(5)33)27(43-18(7)35)26(42-17(6)34)22(44-20)11-38-13(2)30/h19-28H,9-11H2,1-8H3/t19-,20-,21+,22+,23-,24+,25-,26+,27+,28+/m0/s1. The van der Waals surface area contributed by atoms with Crippen LogP contribution < -0.4 is 0 Å². The Morgan fingerprint density at radius 3 is 1.27 bits per heavy atom. The van der Waals surface area contributed by atoms with Gasteiger partial charge in [-0.15, -0.1) is 0 Å². The van der Waals surface area contributed by atoms with Crippen molar-refractivity contribution in [1.29, 1.82) is 0 Å². The molecule has 2 saturated heterocycles. The number of esters is 7. The maximum atomic E-state index is 12.3. The van der Waals surface area contributed by atoms with Gasteiger partial charge in [-0.3, -0.25) is 33.6 Å². The Kier molecular flexibility index (Phi) is 14.1. The van der Waals surface area contributed by atoms with Crippen LogP contribution in [0.25, 0.3) is 0 Å². The van der Waals surface area contributed by atoms with E-state index in [1.54, 1.807) is 0 Å². The molecule has 0 radical (unpaired) electrons. The molecule has 0 saturated carbocycles. The molecule has 0 aromatic heterocycles. The molecule has 0 aromatic rings. The van der Waals surface area contributed by atoms with E-state index in [-0.39, 0.29) is 6.42 Å². The average Bonchev–Trinajstić information content (AvgIpc) is 2.90. The molecule has 0 aromatic carbocycles. The zero-order valence-electron chi connectivity index (χ0n) is 26.3. The third kappa shape index (κ3) is 11.2. The van der Waals surface area contributed by atoms with Gasteiger partial charge in [-0.1, -0.05) is 0 Å². The second-order valence-electron chi connectivity index (χ2n) is 10.4. The number of carbonyl (C=O) groups is 7. The number of methoxy groups -OCH3 is 1. The Hall–Kier alpha value is -3.83. The fourth-order valence-electron chi connectivity index (χ4n) is 5.25. The molecule has 2 aliphatic rings. The highest BCUT2D eigenvalue weighted by atomic mass is 16.7. The summed E-state index contributed by atoms with van der Waals surface area (Å²) in [4.78, 5) is 84.4. The topological polar surface area (TPSA) is 212 Å². The normalized spacial score (nSPS) is 31.0. The van der Waals surface area contributed by atoms with Crippen LogP contribution in [0.15, 0.2) is 0 Å². The molecule has 17 nitrogen and oxygen atoms in total. The number of hydrogen-bond acceptors (Lipinski definition) is 17. The van der Waals surface area contributed by atoms with Gasteiger partial charge >= 0.3 is 41.8 Å². The van der Waals surface area contributed by atoms with Crippen molar-refractivity contribution in [3.05, 3.63) is 0 Å². The fourth-order valence-corrected chi connectivity index (χ4v) is 5.25. The quantitative estimate of drug-likeness (QED) is 0.200. The predicted octanol–water partition coefficient (Wildman–Crippen LogP) is -0.0839. The minimum absolute atomic E-state index is 0.269. The second kappa shape index (κ2) is 17.0. The van der Waals surface area contributed by atoms with Crippen molar-refractivity contribution in [2.45, 2.75) is 110 Å². The summed E-state index contributed by atoms with van der Waals surface area (Å²) in [6.07, 6.45) is -12.0. The van der Waals surface area contributed by atoms with Crippen molar-refractivity contribution in [3.8, 4) is 0 Å². The molecular formula is C28H40O17. The van der Waals surface area contributed by atoms with Crippen LogP contribution in [0, 0.1) is 5.92 Å². The van der Waals surface area contributed by atoms with Gasteiger partial charge in [0, 0.05) is 61.5 Å². The summed E-state index contributed by atoms with van der Waals surface area (Å²) in [6.45, 7) is 6.93. The third-order valence-corrected chi connectivity index (χ3v) is 6.67. The summed E-state index contributed by atoms with van der Waals surface area (Å²) in [5.41, 5.74) is 0. The Bertz CT molecular complexity index is 1100. The van der Waals surface area contributed by atoms with Gasteiger partial charge < -0.3 is 47.4 Å². The summed E-state index contributed by atoms with van der Waals surface area (Å²) >= 11 is 0. The zero-order chi connectivity index (χ0) is 34.0. The van der Waals surface area contributed by atoms with E-state index >= 15 is 0 Å². The first-order valence-corrected chi connectivity index (χ1v) is 14.0.